The minimum absolute atomic E-state index is 0.0529. The standard InChI is InChI=1S/C20H21FN2O4S/c1-11-3-8-14-15(9-11)28-19(17(14)18(25)23-20(26)27-2)22-16(24)10-12-4-6-13(21)7-5-12/h4-7,11H,3,8-10H2,1-2H3,(H,22,24)(H,23,25,26). The summed E-state index contributed by atoms with van der Waals surface area (Å²) in [6.07, 6.45) is 1.68. The van der Waals surface area contributed by atoms with E-state index in [1.54, 1.807) is 12.1 Å². The molecule has 0 bridgehead atoms. The summed E-state index contributed by atoms with van der Waals surface area (Å²) in [5, 5.41) is 5.39. The van der Waals surface area contributed by atoms with E-state index in [4.69, 9.17) is 0 Å². The zero-order chi connectivity index (χ0) is 20.3. The van der Waals surface area contributed by atoms with E-state index in [-0.39, 0.29) is 18.1 Å². The number of nitrogens with one attached hydrogen (secondary N) is 2. The van der Waals surface area contributed by atoms with Crippen LogP contribution in [0.5, 0.6) is 0 Å². The number of amides is 3. The van der Waals surface area contributed by atoms with E-state index < -0.39 is 12.0 Å². The molecular weight excluding hydrogens is 383 g/mol. The molecule has 3 rings (SSSR count). The fraction of sp³-hybridized carbons (Fsp3) is 0.350. The monoisotopic (exact) mass is 404 g/mol. The number of methoxy groups -OCH3 is 1. The first-order valence-corrected chi connectivity index (χ1v) is 9.77. The summed E-state index contributed by atoms with van der Waals surface area (Å²) < 4.78 is 17.5. The Balaban J connectivity index is 1.84. The average molecular weight is 404 g/mol. The second-order valence-corrected chi connectivity index (χ2v) is 7.96. The number of carbonyl (C=O) groups excluding carboxylic acids is 3. The van der Waals surface area contributed by atoms with Crippen molar-refractivity contribution in [1.29, 1.82) is 0 Å². The highest BCUT2D eigenvalue weighted by Gasteiger charge is 2.29. The third-order valence-electron chi connectivity index (χ3n) is 4.67. The molecule has 1 aromatic heterocycles. The molecule has 0 aliphatic heterocycles. The van der Waals surface area contributed by atoms with Crippen molar-refractivity contribution in [2.75, 3.05) is 12.4 Å². The van der Waals surface area contributed by atoms with Gasteiger partial charge in [0.15, 0.2) is 0 Å². The third kappa shape index (κ3) is 4.56. The predicted octanol–water partition coefficient (Wildman–Crippen LogP) is 3.69. The molecule has 0 radical (unpaired) electrons. The summed E-state index contributed by atoms with van der Waals surface area (Å²) >= 11 is 1.37. The van der Waals surface area contributed by atoms with Crippen LogP contribution in [0.2, 0.25) is 0 Å². The second-order valence-electron chi connectivity index (χ2n) is 6.85. The van der Waals surface area contributed by atoms with Gasteiger partial charge >= 0.3 is 6.09 Å². The van der Waals surface area contributed by atoms with E-state index in [2.05, 4.69) is 22.3 Å². The van der Waals surface area contributed by atoms with Gasteiger partial charge in [-0.1, -0.05) is 19.1 Å². The summed E-state index contributed by atoms with van der Waals surface area (Å²) in [5.41, 5.74) is 1.86. The van der Waals surface area contributed by atoms with Crippen molar-refractivity contribution in [2.45, 2.75) is 32.6 Å². The van der Waals surface area contributed by atoms with E-state index in [9.17, 15) is 18.8 Å². The topological polar surface area (TPSA) is 84.5 Å². The van der Waals surface area contributed by atoms with Crippen LogP contribution in [-0.2, 0) is 28.8 Å². The summed E-state index contributed by atoms with van der Waals surface area (Å²) in [7, 11) is 1.18. The van der Waals surface area contributed by atoms with Crippen molar-refractivity contribution in [3.63, 3.8) is 0 Å². The Morgan fingerprint density at radius 3 is 2.64 bits per heavy atom. The summed E-state index contributed by atoms with van der Waals surface area (Å²) in [6, 6.07) is 5.67. The fourth-order valence-corrected chi connectivity index (χ4v) is 4.67. The Morgan fingerprint density at radius 1 is 1.25 bits per heavy atom. The highest BCUT2D eigenvalue weighted by atomic mass is 32.1. The Bertz CT molecular complexity index is 908. The first-order valence-electron chi connectivity index (χ1n) is 8.95. The lowest BCUT2D eigenvalue weighted by Gasteiger charge is -2.18. The number of benzene rings is 1. The highest BCUT2D eigenvalue weighted by Crippen LogP contribution is 2.39. The first kappa shape index (κ1) is 20.0. The fourth-order valence-electron chi connectivity index (χ4n) is 3.24. The quantitative estimate of drug-likeness (QED) is 0.814. The van der Waals surface area contributed by atoms with Gasteiger partial charge in [0.2, 0.25) is 5.91 Å². The molecule has 1 unspecified atom stereocenters. The number of alkyl carbamates (subject to hydrolysis) is 1. The Labute approximate surface area is 166 Å². The van der Waals surface area contributed by atoms with E-state index in [1.807, 2.05) is 0 Å². The maximum absolute atomic E-state index is 13.0. The van der Waals surface area contributed by atoms with Crippen LogP contribution in [0.4, 0.5) is 14.2 Å². The van der Waals surface area contributed by atoms with Crippen molar-refractivity contribution < 1.29 is 23.5 Å². The van der Waals surface area contributed by atoms with Crippen molar-refractivity contribution in [1.82, 2.24) is 5.32 Å². The van der Waals surface area contributed by atoms with E-state index >= 15 is 0 Å². The molecule has 0 saturated heterocycles. The number of fused-ring (bicyclic) bond motifs is 1. The minimum atomic E-state index is -0.849. The van der Waals surface area contributed by atoms with Crippen molar-refractivity contribution >= 4 is 34.2 Å². The lowest BCUT2D eigenvalue weighted by molar-refractivity contribution is -0.115. The van der Waals surface area contributed by atoms with Crippen LogP contribution in [0.25, 0.3) is 0 Å². The molecule has 3 amide bonds. The number of anilines is 1. The number of halogens is 1. The number of carbonyl (C=O) groups is 3. The molecule has 148 valence electrons. The molecule has 0 saturated carbocycles. The lowest BCUT2D eigenvalue weighted by Crippen LogP contribution is -2.31. The number of imide groups is 1. The molecule has 0 spiro atoms. The van der Waals surface area contributed by atoms with Crippen LogP contribution in [0, 0.1) is 11.7 Å². The van der Waals surface area contributed by atoms with Crippen LogP contribution in [0.15, 0.2) is 24.3 Å². The maximum atomic E-state index is 13.0. The van der Waals surface area contributed by atoms with Gasteiger partial charge in [0.1, 0.15) is 10.8 Å². The molecule has 0 fully saturated rings. The molecule has 1 aliphatic carbocycles. The van der Waals surface area contributed by atoms with Crippen LogP contribution < -0.4 is 10.6 Å². The van der Waals surface area contributed by atoms with Crippen molar-refractivity contribution in [3.8, 4) is 0 Å². The van der Waals surface area contributed by atoms with Gasteiger partial charge in [-0.2, -0.15) is 0 Å². The summed E-state index contributed by atoms with van der Waals surface area (Å²) in [6.45, 7) is 2.14. The van der Waals surface area contributed by atoms with Crippen LogP contribution in [0.1, 0.15) is 39.7 Å². The van der Waals surface area contributed by atoms with Gasteiger partial charge in [0, 0.05) is 4.88 Å². The molecule has 1 aromatic carbocycles. The number of hydrogen-bond donors (Lipinski definition) is 2. The molecule has 2 aromatic rings. The zero-order valence-electron chi connectivity index (χ0n) is 15.6. The molecule has 1 aliphatic rings. The predicted molar refractivity (Wildman–Crippen MR) is 104 cm³/mol. The Morgan fingerprint density at radius 2 is 1.96 bits per heavy atom. The maximum Gasteiger partial charge on any atom is 0.413 e. The zero-order valence-corrected chi connectivity index (χ0v) is 16.5. The SMILES string of the molecule is COC(=O)NC(=O)c1c(NC(=O)Cc2ccc(F)cc2)sc2c1CCC(C)C2. The molecule has 1 heterocycles. The molecular formula is C20H21FN2O4S. The highest BCUT2D eigenvalue weighted by molar-refractivity contribution is 7.17. The van der Waals surface area contributed by atoms with Crippen molar-refractivity contribution in [2.24, 2.45) is 5.92 Å². The van der Waals surface area contributed by atoms with Gasteiger partial charge in [0.05, 0.1) is 19.1 Å². The third-order valence-corrected chi connectivity index (χ3v) is 5.84. The first-order chi connectivity index (χ1) is 13.4. The van der Waals surface area contributed by atoms with Crippen LogP contribution >= 0.6 is 11.3 Å². The number of rotatable bonds is 4. The lowest BCUT2D eigenvalue weighted by atomic mass is 9.88. The van der Waals surface area contributed by atoms with E-state index in [0.717, 1.165) is 23.3 Å². The van der Waals surface area contributed by atoms with E-state index in [1.165, 1.54) is 30.6 Å². The normalized spacial score (nSPS) is 15.5. The van der Waals surface area contributed by atoms with Gasteiger partial charge in [-0.15, -0.1) is 11.3 Å². The molecule has 8 heteroatoms. The number of thiophene rings is 1. The van der Waals surface area contributed by atoms with Crippen LogP contribution in [0.3, 0.4) is 0 Å². The van der Waals surface area contributed by atoms with Gasteiger partial charge in [0.25, 0.3) is 5.91 Å². The van der Waals surface area contributed by atoms with Crippen molar-refractivity contribution in [3.05, 3.63) is 51.7 Å². The largest absolute Gasteiger partial charge is 0.453 e. The average Bonchev–Trinajstić information content (AvgIpc) is 3.00. The Kier molecular flexibility index (Phi) is 6.08. The molecule has 28 heavy (non-hydrogen) atoms. The smallest absolute Gasteiger partial charge is 0.413 e. The minimum Gasteiger partial charge on any atom is -0.453 e. The van der Waals surface area contributed by atoms with E-state index in [0.29, 0.717) is 28.5 Å². The molecule has 6 nitrogen and oxygen atoms in total. The van der Waals surface area contributed by atoms with Gasteiger partial charge in [-0.05, 0) is 48.4 Å². The summed E-state index contributed by atoms with van der Waals surface area (Å²) in [4.78, 5) is 37.6. The number of hydrogen-bond acceptors (Lipinski definition) is 5. The Hall–Kier alpha value is -2.74. The van der Waals surface area contributed by atoms with Crippen LogP contribution in [-0.4, -0.2) is 25.0 Å². The van der Waals surface area contributed by atoms with Gasteiger partial charge < -0.3 is 10.1 Å². The number of ether oxygens (including phenoxy) is 1. The summed E-state index contributed by atoms with van der Waals surface area (Å²) in [5.74, 6) is -0.780. The van der Waals surface area contributed by atoms with Gasteiger partial charge in [-0.3, -0.25) is 14.9 Å². The second kappa shape index (κ2) is 8.52. The molecule has 2 N–H and O–H groups in total. The molecule has 1 atom stereocenters. The van der Waals surface area contributed by atoms with Gasteiger partial charge in [-0.25, -0.2) is 9.18 Å².